The minimum atomic E-state index is -1.42. The molecule has 5 atom stereocenters. The fraction of sp³-hybridized carbons (Fsp3) is 0.356. The number of aromatic amines is 1. The van der Waals surface area contributed by atoms with Gasteiger partial charge in [0.15, 0.2) is 0 Å². The van der Waals surface area contributed by atoms with E-state index in [0.29, 0.717) is 17.7 Å². The number of rotatable bonds is 21. The SMILES string of the molecule is NC(=O)CC[C@H](NC(=O)OCC1c2ccccc2-c2ccccc21)C(=O)N[C@@H](Cc1ccccc1)C(=O)N1CCC[C@H]1C(=O)N[C@@H](CCC(N)=O)C(=O)N[C@@H](Cc1cnc[nH]1)C(=O)O. The van der Waals surface area contributed by atoms with Crippen LogP contribution in [0, 0.1) is 0 Å². The number of benzene rings is 3. The number of aromatic nitrogens is 2. The van der Waals surface area contributed by atoms with Gasteiger partial charge in [0, 0.05) is 50.0 Å². The maximum absolute atomic E-state index is 14.5. The van der Waals surface area contributed by atoms with E-state index in [9.17, 15) is 43.5 Å². The highest BCUT2D eigenvalue weighted by Crippen LogP contribution is 2.44. The lowest BCUT2D eigenvalue weighted by atomic mass is 9.98. The van der Waals surface area contributed by atoms with E-state index in [1.807, 2.05) is 48.5 Å². The zero-order valence-electron chi connectivity index (χ0n) is 34.9. The lowest BCUT2D eigenvalue weighted by Crippen LogP contribution is -2.59. The van der Waals surface area contributed by atoms with Crippen molar-refractivity contribution in [1.82, 2.24) is 36.1 Å². The Hall–Kier alpha value is -7.57. The van der Waals surface area contributed by atoms with Gasteiger partial charge in [0.1, 0.15) is 36.8 Å². The number of carbonyl (C=O) groups excluding carboxylic acids is 7. The van der Waals surface area contributed by atoms with Gasteiger partial charge < -0.3 is 52.5 Å². The molecule has 0 radical (unpaired) electrons. The average molecular weight is 878 g/mol. The van der Waals surface area contributed by atoms with Crippen molar-refractivity contribution in [3.63, 3.8) is 0 Å². The second kappa shape index (κ2) is 21.5. The lowest BCUT2D eigenvalue weighted by molar-refractivity contribution is -0.143. The second-order valence-electron chi connectivity index (χ2n) is 15.7. The van der Waals surface area contributed by atoms with Crippen molar-refractivity contribution in [1.29, 1.82) is 0 Å². The van der Waals surface area contributed by atoms with Gasteiger partial charge in [-0.25, -0.2) is 14.6 Å². The van der Waals surface area contributed by atoms with Gasteiger partial charge in [-0.05, 0) is 53.5 Å². The summed E-state index contributed by atoms with van der Waals surface area (Å²) in [6.07, 6.45) is 1.11. The van der Waals surface area contributed by atoms with Crippen LogP contribution in [0.5, 0.6) is 0 Å². The van der Waals surface area contributed by atoms with E-state index in [1.54, 1.807) is 30.3 Å². The average Bonchev–Trinajstić information content (AvgIpc) is 4.05. The van der Waals surface area contributed by atoms with Crippen LogP contribution in [-0.4, -0.2) is 111 Å². The molecule has 2 heterocycles. The van der Waals surface area contributed by atoms with Gasteiger partial charge in [-0.2, -0.15) is 0 Å². The van der Waals surface area contributed by atoms with Gasteiger partial charge in [-0.3, -0.25) is 28.8 Å². The van der Waals surface area contributed by atoms with Crippen LogP contribution in [0.4, 0.5) is 4.79 Å². The topological polar surface area (TPSA) is 298 Å². The number of ether oxygens (including phenoxy) is 1. The first-order valence-corrected chi connectivity index (χ1v) is 20.9. The van der Waals surface area contributed by atoms with Gasteiger partial charge in [0.2, 0.25) is 35.4 Å². The summed E-state index contributed by atoms with van der Waals surface area (Å²) in [4.78, 5) is 113. The Morgan fingerprint density at radius 1 is 0.734 bits per heavy atom. The summed E-state index contributed by atoms with van der Waals surface area (Å²) in [5.41, 5.74) is 15.9. The summed E-state index contributed by atoms with van der Waals surface area (Å²) < 4.78 is 5.68. The van der Waals surface area contributed by atoms with E-state index in [1.165, 1.54) is 17.4 Å². The van der Waals surface area contributed by atoms with Gasteiger partial charge in [0.05, 0.1) is 6.33 Å². The number of nitrogens with two attached hydrogens (primary N) is 2. The van der Waals surface area contributed by atoms with E-state index in [2.05, 4.69) is 31.2 Å². The molecule has 6 rings (SSSR count). The van der Waals surface area contributed by atoms with Crippen LogP contribution < -0.4 is 32.7 Å². The molecule has 1 aliphatic heterocycles. The van der Waals surface area contributed by atoms with Crippen LogP contribution in [0.3, 0.4) is 0 Å². The zero-order valence-corrected chi connectivity index (χ0v) is 34.9. The molecule has 3 aromatic carbocycles. The van der Waals surface area contributed by atoms with Crippen LogP contribution in [0.25, 0.3) is 11.1 Å². The molecule has 1 saturated heterocycles. The quantitative estimate of drug-likeness (QED) is 0.0588. The number of fused-ring (bicyclic) bond motifs is 3. The van der Waals surface area contributed by atoms with E-state index in [0.717, 1.165) is 22.3 Å². The summed E-state index contributed by atoms with van der Waals surface area (Å²) >= 11 is 0. The number of carbonyl (C=O) groups is 8. The van der Waals surface area contributed by atoms with Gasteiger partial charge in [-0.15, -0.1) is 0 Å². The number of amides is 7. The molecular weight excluding hydrogens is 827 g/mol. The number of primary amides is 2. The smallest absolute Gasteiger partial charge is 0.407 e. The Bertz CT molecular complexity index is 2300. The maximum atomic E-state index is 14.5. The Labute approximate surface area is 368 Å². The number of H-pyrrole nitrogens is 1. The summed E-state index contributed by atoms with van der Waals surface area (Å²) in [6, 6.07) is 17.8. The number of likely N-dealkylation sites (tertiary alicyclic amines) is 1. The number of nitrogens with zero attached hydrogens (tertiary/aromatic N) is 2. The van der Waals surface area contributed by atoms with Crippen LogP contribution in [0.2, 0.25) is 0 Å². The molecule has 0 saturated carbocycles. The molecule has 7 amide bonds. The normalized spacial score (nSPS) is 15.9. The van der Waals surface area contributed by atoms with Crippen LogP contribution >= 0.6 is 0 Å². The first-order chi connectivity index (χ1) is 30.8. The van der Waals surface area contributed by atoms with Crippen LogP contribution in [-0.2, 0) is 51.1 Å². The number of hydrogen-bond acceptors (Lipinski definition) is 10. The predicted octanol–water partition coefficient (Wildman–Crippen LogP) is 1.16. The Kier molecular flexibility index (Phi) is 15.4. The second-order valence-corrected chi connectivity index (χ2v) is 15.7. The maximum Gasteiger partial charge on any atom is 0.407 e. The van der Waals surface area contributed by atoms with Crippen molar-refractivity contribution in [3.8, 4) is 11.1 Å². The highest BCUT2D eigenvalue weighted by Gasteiger charge is 2.40. The van der Waals surface area contributed by atoms with E-state index in [-0.39, 0.29) is 64.0 Å². The monoisotopic (exact) mass is 877 g/mol. The van der Waals surface area contributed by atoms with Gasteiger partial charge in [-0.1, -0.05) is 78.9 Å². The van der Waals surface area contributed by atoms with Gasteiger partial charge in [0.25, 0.3) is 0 Å². The minimum absolute atomic E-state index is 0.0275. The molecule has 2 aliphatic rings. The molecule has 336 valence electrons. The molecule has 19 heteroatoms. The molecule has 19 nitrogen and oxygen atoms in total. The minimum Gasteiger partial charge on any atom is -0.480 e. The number of hydrogen-bond donors (Lipinski definition) is 8. The highest BCUT2D eigenvalue weighted by atomic mass is 16.5. The predicted molar refractivity (Wildman–Crippen MR) is 229 cm³/mol. The number of carboxylic acid groups (broad SMARTS) is 1. The molecule has 64 heavy (non-hydrogen) atoms. The number of imidazole rings is 1. The van der Waals surface area contributed by atoms with E-state index < -0.39 is 77.7 Å². The van der Waals surface area contributed by atoms with Crippen LogP contribution in [0.15, 0.2) is 91.4 Å². The molecule has 0 unspecified atom stereocenters. The summed E-state index contributed by atoms with van der Waals surface area (Å²) in [6.45, 7) is 0.0541. The third kappa shape index (κ3) is 11.9. The van der Waals surface area contributed by atoms with Crippen molar-refractivity contribution in [2.45, 2.75) is 87.5 Å². The Morgan fingerprint density at radius 2 is 1.31 bits per heavy atom. The Morgan fingerprint density at radius 3 is 1.89 bits per heavy atom. The first kappa shape index (κ1) is 45.9. The van der Waals surface area contributed by atoms with Crippen molar-refractivity contribution >= 4 is 47.5 Å². The van der Waals surface area contributed by atoms with Crippen molar-refractivity contribution in [2.24, 2.45) is 11.5 Å². The fourth-order valence-corrected chi connectivity index (χ4v) is 8.08. The van der Waals surface area contributed by atoms with E-state index >= 15 is 0 Å². The van der Waals surface area contributed by atoms with Crippen molar-refractivity contribution < 1.29 is 48.2 Å². The lowest BCUT2D eigenvalue weighted by Gasteiger charge is -2.31. The summed E-state index contributed by atoms with van der Waals surface area (Å²) in [5.74, 6) is -6.21. The van der Waals surface area contributed by atoms with Crippen molar-refractivity contribution in [2.75, 3.05) is 13.2 Å². The largest absolute Gasteiger partial charge is 0.480 e. The highest BCUT2D eigenvalue weighted by molar-refractivity contribution is 5.96. The Balaban J connectivity index is 1.16. The number of alkyl carbamates (subject to hydrolysis) is 1. The third-order valence-electron chi connectivity index (χ3n) is 11.3. The molecule has 0 bridgehead atoms. The molecule has 1 aromatic heterocycles. The molecule has 10 N–H and O–H groups in total. The number of carboxylic acids is 1. The summed E-state index contributed by atoms with van der Waals surface area (Å²) in [5, 5.41) is 20.1. The molecule has 1 fully saturated rings. The molecular formula is C45H51N9O10. The standard InChI is InChI=1S/C45H51N9O10/c46-38(55)18-16-33(40(57)52-36(44(61)62)22-27-23-48-25-49-27)50-42(59)37-15-8-20-54(37)43(60)35(21-26-9-2-1-3-10-26)51-41(58)34(17-19-39(47)56)53-45(63)64-24-32-30-13-6-4-11-28(30)29-12-5-7-14-31(29)32/h1-7,9-14,23,25,32-37H,8,15-22,24H2,(H2,46,55)(H2,47,56)(H,48,49)(H,50,59)(H,51,58)(H,52,57)(H,53,63)(H,61,62)/t33-,34-,35-,36-,37-/m0/s1. The first-order valence-electron chi connectivity index (χ1n) is 20.9. The van der Waals surface area contributed by atoms with Crippen molar-refractivity contribution in [3.05, 3.63) is 114 Å². The van der Waals surface area contributed by atoms with E-state index in [4.69, 9.17) is 16.2 Å². The molecule has 4 aromatic rings. The number of nitrogens with one attached hydrogen (secondary N) is 5. The zero-order chi connectivity index (χ0) is 45.8. The molecule has 1 aliphatic carbocycles. The van der Waals surface area contributed by atoms with Crippen LogP contribution in [0.1, 0.15) is 66.8 Å². The molecule has 0 spiro atoms. The third-order valence-corrected chi connectivity index (χ3v) is 11.3. The fourth-order valence-electron chi connectivity index (χ4n) is 8.08. The summed E-state index contributed by atoms with van der Waals surface area (Å²) in [7, 11) is 0. The van der Waals surface area contributed by atoms with Gasteiger partial charge >= 0.3 is 12.1 Å². The number of aliphatic carboxylic acids is 1.